The second-order valence-corrected chi connectivity index (χ2v) is 4.03. The van der Waals surface area contributed by atoms with Crippen molar-refractivity contribution in [2.45, 2.75) is 19.6 Å². The molecule has 5 nitrogen and oxygen atoms in total. The Labute approximate surface area is 114 Å². The number of hydrogen-bond acceptors (Lipinski definition) is 5. The molecule has 0 saturated carbocycles. The van der Waals surface area contributed by atoms with Crippen LogP contribution >= 0.6 is 0 Å². The molecule has 0 aliphatic carbocycles. The van der Waals surface area contributed by atoms with E-state index in [-0.39, 0.29) is 0 Å². The molecule has 0 fully saturated rings. The summed E-state index contributed by atoms with van der Waals surface area (Å²) in [5.74, 6) is 1.37. The molecule has 0 spiro atoms. The van der Waals surface area contributed by atoms with Gasteiger partial charge in [-0.1, -0.05) is 6.07 Å². The van der Waals surface area contributed by atoms with Gasteiger partial charge in [-0.25, -0.2) is 0 Å². The average molecular weight is 264 g/mol. The van der Waals surface area contributed by atoms with Gasteiger partial charge in [-0.05, 0) is 13.0 Å². The summed E-state index contributed by atoms with van der Waals surface area (Å²) in [5, 5.41) is 12.1. The molecule has 1 atom stereocenters. The van der Waals surface area contributed by atoms with Crippen molar-refractivity contribution in [1.29, 1.82) is 5.26 Å². The van der Waals surface area contributed by atoms with Gasteiger partial charge in [0.05, 0.1) is 13.7 Å². The molecule has 1 aromatic rings. The van der Waals surface area contributed by atoms with Gasteiger partial charge in [0, 0.05) is 31.8 Å². The van der Waals surface area contributed by atoms with E-state index < -0.39 is 6.10 Å². The minimum atomic E-state index is -0.496. The normalized spacial score (nSPS) is 11.7. The molecule has 0 aliphatic heterocycles. The SMILES string of the molecule is COCCNCc1ccc(OC)cc1OC(C)C#N. The fourth-order valence-corrected chi connectivity index (χ4v) is 1.53. The Morgan fingerprint density at radius 1 is 1.37 bits per heavy atom. The van der Waals surface area contributed by atoms with Crippen molar-refractivity contribution >= 4 is 0 Å². The Morgan fingerprint density at radius 3 is 2.79 bits per heavy atom. The minimum absolute atomic E-state index is 0.496. The lowest BCUT2D eigenvalue weighted by molar-refractivity contribution is 0.199. The van der Waals surface area contributed by atoms with Gasteiger partial charge in [-0.3, -0.25) is 0 Å². The Balaban J connectivity index is 2.74. The number of benzene rings is 1. The fraction of sp³-hybridized carbons (Fsp3) is 0.500. The quantitative estimate of drug-likeness (QED) is 0.724. The van der Waals surface area contributed by atoms with Gasteiger partial charge in [-0.2, -0.15) is 5.26 Å². The third-order valence-corrected chi connectivity index (χ3v) is 2.56. The molecule has 1 unspecified atom stereocenters. The third kappa shape index (κ3) is 5.16. The van der Waals surface area contributed by atoms with E-state index >= 15 is 0 Å². The van der Waals surface area contributed by atoms with E-state index in [4.69, 9.17) is 19.5 Å². The molecule has 1 N–H and O–H groups in total. The van der Waals surface area contributed by atoms with Gasteiger partial charge in [0.25, 0.3) is 0 Å². The van der Waals surface area contributed by atoms with Crippen LogP contribution in [0.25, 0.3) is 0 Å². The van der Waals surface area contributed by atoms with Crippen molar-refractivity contribution in [3.05, 3.63) is 23.8 Å². The summed E-state index contributed by atoms with van der Waals surface area (Å²) >= 11 is 0. The molecule has 0 saturated heterocycles. The van der Waals surface area contributed by atoms with Gasteiger partial charge < -0.3 is 19.5 Å². The number of methoxy groups -OCH3 is 2. The Morgan fingerprint density at radius 2 is 2.16 bits per heavy atom. The lowest BCUT2D eigenvalue weighted by atomic mass is 10.2. The van der Waals surface area contributed by atoms with Gasteiger partial charge in [0.15, 0.2) is 6.10 Å². The molecule has 0 bridgehead atoms. The summed E-state index contributed by atoms with van der Waals surface area (Å²) in [4.78, 5) is 0. The number of ether oxygens (including phenoxy) is 3. The van der Waals surface area contributed by atoms with E-state index in [1.165, 1.54) is 0 Å². The largest absolute Gasteiger partial charge is 0.497 e. The van der Waals surface area contributed by atoms with Crippen molar-refractivity contribution < 1.29 is 14.2 Å². The molecule has 5 heteroatoms. The van der Waals surface area contributed by atoms with Crippen LogP contribution in [0, 0.1) is 11.3 Å². The van der Waals surface area contributed by atoms with Crippen LogP contribution in [0.4, 0.5) is 0 Å². The average Bonchev–Trinajstić information content (AvgIpc) is 2.44. The summed E-state index contributed by atoms with van der Waals surface area (Å²) in [7, 11) is 3.27. The summed E-state index contributed by atoms with van der Waals surface area (Å²) in [6.07, 6.45) is -0.496. The zero-order valence-corrected chi connectivity index (χ0v) is 11.6. The monoisotopic (exact) mass is 264 g/mol. The first kappa shape index (κ1) is 15.3. The molecule has 104 valence electrons. The van der Waals surface area contributed by atoms with E-state index in [1.807, 2.05) is 12.1 Å². The van der Waals surface area contributed by atoms with Gasteiger partial charge >= 0.3 is 0 Å². The molecule has 0 aromatic heterocycles. The number of nitrogens with zero attached hydrogens (tertiary/aromatic N) is 1. The van der Waals surface area contributed by atoms with Crippen molar-refractivity contribution in [1.82, 2.24) is 5.32 Å². The predicted molar refractivity (Wildman–Crippen MR) is 72.3 cm³/mol. The van der Waals surface area contributed by atoms with E-state index in [0.29, 0.717) is 24.7 Å². The van der Waals surface area contributed by atoms with Crippen LogP contribution in [-0.2, 0) is 11.3 Å². The molecule has 0 radical (unpaired) electrons. The van der Waals surface area contributed by atoms with Gasteiger partial charge in [-0.15, -0.1) is 0 Å². The Hall–Kier alpha value is -1.77. The second-order valence-electron chi connectivity index (χ2n) is 4.03. The first-order valence-corrected chi connectivity index (χ1v) is 6.14. The van der Waals surface area contributed by atoms with Crippen molar-refractivity contribution in [3.8, 4) is 17.6 Å². The number of rotatable bonds is 8. The van der Waals surface area contributed by atoms with Crippen molar-refractivity contribution in [2.75, 3.05) is 27.4 Å². The highest BCUT2D eigenvalue weighted by Crippen LogP contribution is 2.25. The molecule has 1 rings (SSSR count). The zero-order chi connectivity index (χ0) is 14.1. The first-order chi connectivity index (χ1) is 9.21. The maximum atomic E-state index is 8.82. The fourth-order valence-electron chi connectivity index (χ4n) is 1.53. The standard InChI is InChI=1S/C14H20N2O3/c1-11(9-15)19-14-8-13(18-3)5-4-12(14)10-16-6-7-17-2/h4-5,8,11,16H,6-7,10H2,1-3H3. The van der Waals surface area contributed by atoms with E-state index in [0.717, 1.165) is 12.1 Å². The lowest BCUT2D eigenvalue weighted by Gasteiger charge is -2.14. The Bertz CT molecular complexity index is 429. The number of nitrogens with one attached hydrogen (secondary N) is 1. The summed E-state index contributed by atoms with van der Waals surface area (Å²) in [5.41, 5.74) is 0.985. The van der Waals surface area contributed by atoms with Crippen molar-refractivity contribution in [3.63, 3.8) is 0 Å². The van der Waals surface area contributed by atoms with Crippen LogP contribution in [-0.4, -0.2) is 33.5 Å². The minimum Gasteiger partial charge on any atom is -0.497 e. The molecule has 1 aromatic carbocycles. The molecule has 19 heavy (non-hydrogen) atoms. The van der Waals surface area contributed by atoms with Gasteiger partial charge in [0.2, 0.25) is 0 Å². The highest BCUT2D eigenvalue weighted by atomic mass is 16.5. The maximum Gasteiger partial charge on any atom is 0.181 e. The van der Waals surface area contributed by atoms with Crippen LogP contribution in [0.1, 0.15) is 12.5 Å². The molecule has 0 amide bonds. The summed E-state index contributed by atoms with van der Waals surface area (Å²) in [6, 6.07) is 7.64. The predicted octanol–water partition coefficient (Wildman–Crippen LogP) is 1.72. The van der Waals surface area contributed by atoms with E-state index in [1.54, 1.807) is 27.2 Å². The highest BCUT2D eigenvalue weighted by Gasteiger charge is 2.09. The van der Waals surface area contributed by atoms with Crippen LogP contribution in [0.15, 0.2) is 18.2 Å². The second kappa shape index (κ2) is 8.35. The molecular formula is C14H20N2O3. The van der Waals surface area contributed by atoms with Crippen LogP contribution in [0.3, 0.4) is 0 Å². The van der Waals surface area contributed by atoms with Gasteiger partial charge in [0.1, 0.15) is 17.6 Å². The third-order valence-electron chi connectivity index (χ3n) is 2.56. The maximum absolute atomic E-state index is 8.82. The smallest absolute Gasteiger partial charge is 0.181 e. The Kier molecular flexibility index (Phi) is 6.72. The molecular weight excluding hydrogens is 244 g/mol. The molecule has 0 heterocycles. The van der Waals surface area contributed by atoms with Crippen LogP contribution < -0.4 is 14.8 Å². The number of nitriles is 1. The summed E-state index contributed by atoms with van der Waals surface area (Å²) < 4.78 is 15.7. The zero-order valence-electron chi connectivity index (χ0n) is 11.6. The van der Waals surface area contributed by atoms with Crippen LogP contribution in [0.5, 0.6) is 11.5 Å². The summed E-state index contributed by atoms with van der Waals surface area (Å²) in [6.45, 7) is 3.78. The van der Waals surface area contributed by atoms with Crippen LogP contribution in [0.2, 0.25) is 0 Å². The molecule has 0 aliphatic rings. The first-order valence-electron chi connectivity index (χ1n) is 6.14. The highest BCUT2D eigenvalue weighted by molar-refractivity contribution is 5.41. The number of hydrogen-bond donors (Lipinski definition) is 1. The topological polar surface area (TPSA) is 63.5 Å². The van der Waals surface area contributed by atoms with E-state index in [2.05, 4.69) is 11.4 Å². The lowest BCUT2D eigenvalue weighted by Crippen LogP contribution is -2.19. The van der Waals surface area contributed by atoms with Crippen molar-refractivity contribution in [2.24, 2.45) is 0 Å². The van der Waals surface area contributed by atoms with E-state index in [9.17, 15) is 0 Å².